The topological polar surface area (TPSA) is 22.1 Å². The molecule has 0 aliphatic rings. The molecule has 2 rings (SSSR count). The van der Waals surface area contributed by atoms with Crippen LogP contribution in [0.5, 0.6) is 5.75 Å². The summed E-state index contributed by atoms with van der Waals surface area (Å²) < 4.78 is 31.1. The van der Waals surface area contributed by atoms with Gasteiger partial charge in [-0.1, -0.05) is 11.6 Å². The van der Waals surface area contributed by atoms with E-state index in [9.17, 15) is 8.78 Å². The van der Waals surface area contributed by atoms with Crippen LogP contribution in [0, 0.1) is 11.6 Å². The lowest BCUT2D eigenvalue weighted by Crippen LogP contribution is -1.94. The first-order chi connectivity index (χ1) is 7.65. The Balaban J connectivity index is 2.02. The molecule has 0 saturated carbocycles. The summed E-state index contributed by atoms with van der Waals surface area (Å²) in [5.74, 6) is -1.56. The van der Waals surface area contributed by atoms with Crippen molar-refractivity contribution in [2.45, 2.75) is 6.61 Å². The Morgan fingerprint density at radius 1 is 1.31 bits per heavy atom. The van der Waals surface area contributed by atoms with Crippen molar-refractivity contribution in [3.63, 3.8) is 0 Å². The van der Waals surface area contributed by atoms with Crippen LogP contribution in [0.2, 0.25) is 4.47 Å². The highest BCUT2D eigenvalue weighted by atomic mass is 35.5. The highest BCUT2D eigenvalue weighted by Crippen LogP contribution is 2.21. The maximum Gasteiger partial charge on any atom is 0.183 e. The van der Waals surface area contributed by atoms with Gasteiger partial charge in [0, 0.05) is 12.3 Å². The van der Waals surface area contributed by atoms with Crippen LogP contribution in [0.15, 0.2) is 24.4 Å². The first kappa shape index (κ1) is 11.3. The number of nitrogens with zero attached hydrogens (tertiary/aromatic N) is 1. The summed E-state index contributed by atoms with van der Waals surface area (Å²) in [4.78, 5) is 4.65. The molecule has 0 bridgehead atoms. The molecule has 0 fully saturated rings. The first-order valence-electron chi connectivity index (χ1n) is 4.33. The standard InChI is InChI=1S/C10H6ClF2NOS/c11-10-14-4-7(16-10)5-15-6-1-2-8(12)9(13)3-6/h1-4H,5H2. The number of thiazole rings is 1. The third-order valence-corrected chi connectivity index (χ3v) is 2.89. The van der Waals surface area contributed by atoms with Crippen molar-refractivity contribution in [2.24, 2.45) is 0 Å². The van der Waals surface area contributed by atoms with Crippen LogP contribution in [-0.2, 0) is 6.61 Å². The van der Waals surface area contributed by atoms with Crippen LogP contribution in [-0.4, -0.2) is 4.98 Å². The summed E-state index contributed by atoms with van der Waals surface area (Å²) in [6, 6.07) is 3.38. The Morgan fingerprint density at radius 2 is 2.12 bits per heavy atom. The van der Waals surface area contributed by atoms with Gasteiger partial charge in [-0.25, -0.2) is 13.8 Å². The maximum absolute atomic E-state index is 12.8. The van der Waals surface area contributed by atoms with Gasteiger partial charge in [0.25, 0.3) is 0 Å². The number of ether oxygens (including phenoxy) is 1. The predicted molar refractivity (Wildman–Crippen MR) is 57.8 cm³/mol. The smallest absolute Gasteiger partial charge is 0.183 e. The second-order valence-electron chi connectivity index (χ2n) is 2.94. The molecule has 0 amide bonds. The lowest BCUT2D eigenvalue weighted by Gasteiger charge is -2.04. The average Bonchev–Trinajstić information content (AvgIpc) is 2.66. The first-order valence-corrected chi connectivity index (χ1v) is 5.52. The van der Waals surface area contributed by atoms with Crippen molar-refractivity contribution in [3.05, 3.63) is 45.4 Å². The number of hydrogen-bond donors (Lipinski definition) is 0. The minimum absolute atomic E-state index is 0.232. The van der Waals surface area contributed by atoms with Crippen LogP contribution >= 0.6 is 22.9 Å². The van der Waals surface area contributed by atoms with Crippen molar-refractivity contribution in [2.75, 3.05) is 0 Å². The molecule has 84 valence electrons. The lowest BCUT2D eigenvalue weighted by molar-refractivity contribution is 0.306. The molecular formula is C10H6ClF2NOS. The van der Waals surface area contributed by atoms with Gasteiger partial charge in [0.2, 0.25) is 0 Å². The van der Waals surface area contributed by atoms with Crippen molar-refractivity contribution < 1.29 is 13.5 Å². The molecule has 0 aliphatic heterocycles. The van der Waals surface area contributed by atoms with E-state index in [1.54, 1.807) is 6.20 Å². The van der Waals surface area contributed by atoms with E-state index in [1.807, 2.05) is 0 Å². The number of halogens is 3. The minimum Gasteiger partial charge on any atom is -0.488 e. The molecule has 0 aliphatic carbocycles. The zero-order valence-electron chi connectivity index (χ0n) is 7.91. The number of aromatic nitrogens is 1. The largest absolute Gasteiger partial charge is 0.488 e. The maximum atomic E-state index is 12.8. The third kappa shape index (κ3) is 2.68. The second kappa shape index (κ2) is 4.76. The number of hydrogen-bond acceptors (Lipinski definition) is 3. The summed E-state index contributed by atoms with van der Waals surface area (Å²) in [7, 11) is 0. The van der Waals surface area contributed by atoms with Gasteiger partial charge in [0.1, 0.15) is 12.4 Å². The van der Waals surface area contributed by atoms with Crippen molar-refractivity contribution >= 4 is 22.9 Å². The number of rotatable bonds is 3. The summed E-state index contributed by atoms with van der Waals surface area (Å²) >= 11 is 6.91. The van der Waals surface area contributed by atoms with Crippen LogP contribution in [0.1, 0.15) is 4.88 Å². The molecule has 1 heterocycles. The fourth-order valence-corrected chi connectivity index (χ4v) is 1.96. The fraction of sp³-hybridized carbons (Fsp3) is 0.100. The third-order valence-electron chi connectivity index (χ3n) is 1.80. The molecule has 1 aromatic heterocycles. The average molecular weight is 262 g/mol. The van der Waals surface area contributed by atoms with Crippen LogP contribution in [0.4, 0.5) is 8.78 Å². The quantitative estimate of drug-likeness (QED) is 0.841. The molecular weight excluding hydrogens is 256 g/mol. The summed E-state index contributed by atoms with van der Waals surface area (Å²) in [5.41, 5.74) is 0. The lowest BCUT2D eigenvalue weighted by atomic mass is 10.3. The fourth-order valence-electron chi connectivity index (χ4n) is 1.07. The van der Waals surface area contributed by atoms with Crippen molar-refractivity contribution in [1.82, 2.24) is 4.98 Å². The van der Waals surface area contributed by atoms with E-state index in [1.165, 1.54) is 17.4 Å². The van der Waals surface area contributed by atoms with E-state index in [-0.39, 0.29) is 12.4 Å². The number of benzene rings is 1. The molecule has 0 saturated heterocycles. The predicted octanol–water partition coefficient (Wildman–Crippen LogP) is 3.65. The van der Waals surface area contributed by atoms with Crippen LogP contribution in [0.3, 0.4) is 0 Å². The van der Waals surface area contributed by atoms with E-state index in [4.69, 9.17) is 16.3 Å². The monoisotopic (exact) mass is 261 g/mol. The van der Waals surface area contributed by atoms with E-state index < -0.39 is 11.6 Å². The van der Waals surface area contributed by atoms with Gasteiger partial charge in [-0.05, 0) is 12.1 Å². The van der Waals surface area contributed by atoms with Gasteiger partial charge in [0.15, 0.2) is 16.1 Å². The van der Waals surface area contributed by atoms with Gasteiger partial charge >= 0.3 is 0 Å². The van der Waals surface area contributed by atoms with Crippen LogP contribution < -0.4 is 4.74 Å². The van der Waals surface area contributed by atoms with Gasteiger partial charge in [-0.15, -0.1) is 11.3 Å². The molecule has 6 heteroatoms. The summed E-state index contributed by atoms with van der Waals surface area (Å²) in [6.45, 7) is 0.232. The Hall–Kier alpha value is -1.20. The molecule has 16 heavy (non-hydrogen) atoms. The van der Waals surface area contributed by atoms with Gasteiger partial charge in [0.05, 0.1) is 4.88 Å². The normalized spacial score (nSPS) is 10.4. The Bertz CT molecular complexity index is 503. The van der Waals surface area contributed by atoms with E-state index >= 15 is 0 Å². The molecule has 0 unspecified atom stereocenters. The minimum atomic E-state index is -0.931. The van der Waals surface area contributed by atoms with E-state index in [0.29, 0.717) is 4.47 Å². The van der Waals surface area contributed by atoms with Gasteiger partial charge in [-0.3, -0.25) is 0 Å². The molecule has 0 N–H and O–H groups in total. The molecule has 1 aromatic carbocycles. The highest BCUT2D eigenvalue weighted by Gasteiger charge is 2.04. The summed E-state index contributed by atoms with van der Waals surface area (Å²) in [6.07, 6.45) is 1.58. The SMILES string of the molecule is Fc1ccc(OCc2cnc(Cl)s2)cc1F. The van der Waals surface area contributed by atoms with Crippen molar-refractivity contribution in [3.8, 4) is 5.75 Å². The van der Waals surface area contributed by atoms with Crippen LogP contribution in [0.25, 0.3) is 0 Å². The second-order valence-corrected chi connectivity index (χ2v) is 4.64. The Kier molecular flexibility index (Phi) is 3.36. The van der Waals surface area contributed by atoms with E-state index in [2.05, 4.69) is 4.98 Å². The summed E-state index contributed by atoms with van der Waals surface area (Å²) in [5, 5.41) is 0. The van der Waals surface area contributed by atoms with Gasteiger partial charge < -0.3 is 4.74 Å². The van der Waals surface area contributed by atoms with Gasteiger partial charge in [-0.2, -0.15) is 0 Å². The molecule has 0 atom stereocenters. The Labute approximate surface area is 99.5 Å². The molecule has 2 nitrogen and oxygen atoms in total. The highest BCUT2D eigenvalue weighted by molar-refractivity contribution is 7.15. The van der Waals surface area contributed by atoms with E-state index in [0.717, 1.165) is 17.0 Å². The van der Waals surface area contributed by atoms with Crippen molar-refractivity contribution in [1.29, 1.82) is 0 Å². The molecule has 0 radical (unpaired) electrons. The zero-order chi connectivity index (χ0) is 11.5. The Morgan fingerprint density at radius 3 is 2.75 bits per heavy atom. The molecule has 2 aromatic rings. The zero-order valence-corrected chi connectivity index (χ0v) is 9.49. The molecule has 0 spiro atoms.